The molecule has 1 aromatic rings. The van der Waals surface area contributed by atoms with E-state index >= 15 is 0 Å². The molecule has 0 aromatic heterocycles. The molecule has 1 rings (SSSR count). The van der Waals surface area contributed by atoms with Crippen molar-refractivity contribution in [3.8, 4) is 5.75 Å². The Morgan fingerprint density at radius 1 is 0.941 bits per heavy atom. The van der Waals surface area contributed by atoms with Crippen LogP contribution in [0.15, 0.2) is 17.9 Å². The second-order valence-corrected chi connectivity index (χ2v) is 21.3. The molecule has 7 nitrogen and oxygen atoms in total. The SMILES string of the molecule is COC(C(=O)O[Si](O[Si](C)(C)C)O[Si](C)(C)C)=C(OC)c1ccc(C)c(CCC(C)C)c1OC. The summed E-state index contributed by atoms with van der Waals surface area (Å²) in [7, 11) is -1.81. The smallest absolute Gasteiger partial charge is 0.496 e. The number of methoxy groups -OCH3 is 3. The quantitative estimate of drug-likeness (QED) is 0.183. The van der Waals surface area contributed by atoms with Gasteiger partial charge in [0.1, 0.15) is 5.75 Å². The van der Waals surface area contributed by atoms with Gasteiger partial charge in [-0.2, -0.15) is 0 Å². The maximum atomic E-state index is 13.3. The van der Waals surface area contributed by atoms with Gasteiger partial charge in [-0.1, -0.05) is 19.9 Å². The van der Waals surface area contributed by atoms with Gasteiger partial charge in [-0.05, 0) is 82.2 Å². The second kappa shape index (κ2) is 12.9. The largest absolute Gasteiger partial charge is 0.636 e. The first-order valence-corrected chi connectivity index (χ1v) is 19.6. The van der Waals surface area contributed by atoms with E-state index in [0.29, 0.717) is 17.2 Å². The number of carbonyl (C=O) groups is 1. The summed E-state index contributed by atoms with van der Waals surface area (Å²) in [6, 6.07) is 3.88. The predicted octanol–water partition coefficient (Wildman–Crippen LogP) is 5.78. The Balaban J connectivity index is 3.48. The third kappa shape index (κ3) is 9.57. The predicted molar refractivity (Wildman–Crippen MR) is 143 cm³/mol. The fourth-order valence-electron chi connectivity index (χ4n) is 3.16. The van der Waals surface area contributed by atoms with Crippen molar-refractivity contribution in [3.05, 3.63) is 34.6 Å². The molecule has 0 unspecified atom stereocenters. The summed E-state index contributed by atoms with van der Waals surface area (Å²) >= 11 is 0. The van der Waals surface area contributed by atoms with Crippen LogP contribution in [-0.2, 0) is 33.3 Å². The average molecular weight is 528 g/mol. The zero-order chi connectivity index (χ0) is 26.3. The molecule has 0 fully saturated rings. The molecule has 10 heteroatoms. The summed E-state index contributed by atoms with van der Waals surface area (Å²) in [6.45, 7) is 18.6. The summed E-state index contributed by atoms with van der Waals surface area (Å²) in [4.78, 5) is 13.3. The molecule has 0 aliphatic rings. The zero-order valence-corrected chi connectivity index (χ0v) is 26.0. The van der Waals surface area contributed by atoms with Crippen molar-refractivity contribution in [1.29, 1.82) is 0 Å². The minimum Gasteiger partial charge on any atom is -0.496 e. The van der Waals surface area contributed by atoms with Crippen LogP contribution in [-0.4, -0.2) is 53.5 Å². The molecule has 0 heterocycles. The first-order chi connectivity index (χ1) is 15.6. The van der Waals surface area contributed by atoms with Crippen LogP contribution in [0.25, 0.3) is 5.76 Å². The first kappa shape index (κ1) is 30.4. The maximum absolute atomic E-state index is 13.3. The molecule has 0 N–H and O–H groups in total. The third-order valence-corrected chi connectivity index (χ3v) is 11.3. The minimum absolute atomic E-state index is 0.0553. The van der Waals surface area contributed by atoms with E-state index in [4.69, 9.17) is 26.9 Å². The van der Waals surface area contributed by atoms with E-state index in [1.165, 1.54) is 14.2 Å². The molecule has 193 valence electrons. The molecule has 1 radical (unpaired) electrons. The van der Waals surface area contributed by atoms with Crippen LogP contribution in [0, 0.1) is 12.8 Å². The summed E-state index contributed by atoms with van der Waals surface area (Å²) in [5, 5.41) is 0. The van der Waals surface area contributed by atoms with Gasteiger partial charge >= 0.3 is 15.5 Å². The molecule has 0 saturated carbocycles. The highest BCUT2D eigenvalue weighted by Crippen LogP contribution is 2.35. The van der Waals surface area contributed by atoms with Crippen LogP contribution < -0.4 is 4.74 Å². The topological polar surface area (TPSA) is 72.5 Å². The zero-order valence-electron chi connectivity index (χ0n) is 23.0. The number of hydrogen-bond donors (Lipinski definition) is 0. The fourth-order valence-corrected chi connectivity index (χ4v) is 8.28. The van der Waals surface area contributed by atoms with Gasteiger partial charge in [0.05, 0.1) is 26.9 Å². The summed E-state index contributed by atoms with van der Waals surface area (Å²) in [5.74, 6) is 0.726. The van der Waals surface area contributed by atoms with Crippen molar-refractivity contribution in [2.75, 3.05) is 21.3 Å². The van der Waals surface area contributed by atoms with E-state index < -0.39 is 32.1 Å². The molecular weight excluding hydrogens is 485 g/mol. The summed E-state index contributed by atoms with van der Waals surface area (Å²) < 4.78 is 34.9. The van der Waals surface area contributed by atoms with Crippen LogP contribution in [0.3, 0.4) is 0 Å². The van der Waals surface area contributed by atoms with Gasteiger partial charge in [-0.15, -0.1) is 0 Å². The lowest BCUT2D eigenvalue weighted by Gasteiger charge is -2.27. The summed E-state index contributed by atoms with van der Waals surface area (Å²) in [6.07, 6.45) is 1.87. The van der Waals surface area contributed by atoms with Crippen molar-refractivity contribution in [2.24, 2.45) is 5.92 Å². The van der Waals surface area contributed by atoms with Crippen LogP contribution in [0.4, 0.5) is 0 Å². The third-order valence-electron chi connectivity index (χ3n) is 4.67. The Hall–Kier alpha value is -1.60. The van der Waals surface area contributed by atoms with Gasteiger partial charge in [0, 0.05) is 0 Å². The lowest BCUT2D eigenvalue weighted by atomic mass is 9.95. The number of benzene rings is 1. The Bertz CT molecular complexity index is 839. The molecule has 34 heavy (non-hydrogen) atoms. The van der Waals surface area contributed by atoms with Crippen molar-refractivity contribution in [1.82, 2.24) is 0 Å². The Labute approximate surface area is 210 Å². The Morgan fingerprint density at radius 3 is 1.91 bits per heavy atom. The van der Waals surface area contributed by atoms with Gasteiger partial charge in [-0.25, -0.2) is 4.79 Å². The van der Waals surface area contributed by atoms with Crippen LogP contribution in [0.5, 0.6) is 5.75 Å². The van der Waals surface area contributed by atoms with E-state index in [9.17, 15) is 4.79 Å². The molecule has 0 aliphatic carbocycles. The molecule has 0 amide bonds. The highest BCUT2D eigenvalue weighted by Gasteiger charge is 2.38. The molecular formula is C24H43O7Si3. The fraction of sp³-hybridized carbons (Fsp3) is 0.625. The second-order valence-electron chi connectivity index (χ2n) is 10.5. The van der Waals surface area contributed by atoms with Crippen molar-refractivity contribution in [3.63, 3.8) is 0 Å². The van der Waals surface area contributed by atoms with E-state index in [1.807, 2.05) is 51.4 Å². The normalized spacial score (nSPS) is 13.1. The van der Waals surface area contributed by atoms with E-state index in [0.717, 1.165) is 24.0 Å². The molecule has 0 aliphatic heterocycles. The molecule has 0 spiro atoms. The van der Waals surface area contributed by atoms with Crippen LogP contribution >= 0.6 is 0 Å². The molecule has 0 bridgehead atoms. The van der Waals surface area contributed by atoms with E-state index in [-0.39, 0.29) is 11.5 Å². The van der Waals surface area contributed by atoms with Crippen LogP contribution in [0.1, 0.15) is 37.0 Å². The molecule has 1 aromatic carbocycles. The highest BCUT2D eigenvalue weighted by molar-refractivity contribution is 6.79. The van der Waals surface area contributed by atoms with Crippen molar-refractivity contribution >= 4 is 37.9 Å². The standard InChI is InChI=1S/C24H43O7Si3/c1-17(2)13-15-19-18(3)14-16-20(21(19)26-4)22(27-5)23(28-6)24(25)29-32(30-33(7,8)9)31-34(10,11)12/h14,16-17H,13,15H2,1-12H3. The monoisotopic (exact) mass is 527 g/mol. The van der Waals surface area contributed by atoms with Gasteiger partial charge in [0.2, 0.25) is 5.76 Å². The lowest BCUT2D eigenvalue weighted by molar-refractivity contribution is -0.135. The van der Waals surface area contributed by atoms with Gasteiger partial charge in [0.15, 0.2) is 22.4 Å². The number of aryl methyl sites for hydroxylation is 1. The minimum atomic E-state index is -2.31. The van der Waals surface area contributed by atoms with Gasteiger partial charge < -0.3 is 26.9 Å². The summed E-state index contributed by atoms with van der Waals surface area (Å²) in [5.41, 5.74) is 2.84. The number of ether oxygens (including phenoxy) is 3. The van der Waals surface area contributed by atoms with Crippen LogP contribution in [0.2, 0.25) is 39.3 Å². The average Bonchev–Trinajstić information content (AvgIpc) is 2.68. The first-order valence-electron chi connectivity index (χ1n) is 11.6. The van der Waals surface area contributed by atoms with Crippen molar-refractivity contribution < 1.29 is 31.7 Å². The molecule has 0 atom stereocenters. The van der Waals surface area contributed by atoms with E-state index in [1.54, 1.807) is 7.11 Å². The molecule has 0 saturated heterocycles. The van der Waals surface area contributed by atoms with Gasteiger partial charge in [0.25, 0.3) is 0 Å². The number of rotatable bonds is 13. The Morgan fingerprint density at radius 2 is 1.50 bits per heavy atom. The van der Waals surface area contributed by atoms with Crippen molar-refractivity contribution in [2.45, 2.75) is 72.9 Å². The number of hydrogen-bond acceptors (Lipinski definition) is 7. The van der Waals surface area contributed by atoms with Gasteiger partial charge in [-0.3, -0.25) is 0 Å². The maximum Gasteiger partial charge on any atom is 0.636 e. The van der Waals surface area contributed by atoms with E-state index in [2.05, 4.69) is 20.8 Å². The number of carbonyl (C=O) groups excluding carboxylic acids is 1. The Kier molecular flexibility index (Phi) is 11.6. The lowest BCUT2D eigenvalue weighted by Crippen LogP contribution is -2.46. The highest BCUT2D eigenvalue weighted by atomic mass is 28.5.